The van der Waals surface area contributed by atoms with Crippen LogP contribution in [-0.4, -0.2) is 50.1 Å². The Hall–Kier alpha value is -1.39. The maximum Gasteiger partial charge on any atom is 0.180 e. The molecule has 2 aliphatic carbocycles. The van der Waals surface area contributed by atoms with Gasteiger partial charge in [0.1, 0.15) is 12.4 Å². The Kier molecular flexibility index (Phi) is 4.37. The summed E-state index contributed by atoms with van der Waals surface area (Å²) in [4.78, 5) is 15.7. The normalized spacial score (nSPS) is 31.7. The Morgan fingerprint density at radius 3 is 2.80 bits per heavy atom. The molecule has 3 atom stereocenters. The SMILES string of the molecule is COCCOc1ccc2c(c1)[C@]1(C)CCN(CC3CC3)[C@H](C2=O)[C@@H]1C. The Balaban J connectivity index is 1.65. The minimum atomic E-state index is 0.0482. The molecule has 0 radical (unpaired) electrons. The Morgan fingerprint density at radius 2 is 2.08 bits per heavy atom. The minimum Gasteiger partial charge on any atom is -0.491 e. The molecule has 4 heteroatoms. The molecule has 1 heterocycles. The second kappa shape index (κ2) is 6.40. The first-order chi connectivity index (χ1) is 12.0. The van der Waals surface area contributed by atoms with E-state index in [1.807, 2.05) is 12.1 Å². The van der Waals surface area contributed by atoms with Gasteiger partial charge in [0.25, 0.3) is 0 Å². The second-order valence-electron chi connectivity index (χ2n) is 8.25. The monoisotopic (exact) mass is 343 g/mol. The lowest BCUT2D eigenvalue weighted by molar-refractivity contribution is 0.0265. The summed E-state index contributed by atoms with van der Waals surface area (Å²) in [6, 6.07) is 6.07. The zero-order valence-electron chi connectivity index (χ0n) is 15.6. The van der Waals surface area contributed by atoms with Gasteiger partial charge < -0.3 is 9.47 Å². The van der Waals surface area contributed by atoms with E-state index in [1.54, 1.807) is 7.11 Å². The molecule has 136 valence electrons. The van der Waals surface area contributed by atoms with E-state index in [0.29, 0.717) is 24.9 Å². The van der Waals surface area contributed by atoms with Crippen LogP contribution in [0.4, 0.5) is 0 Å². The fraction of sp³-hybridized carbons (Fsp3) is 0.667. The van der Waals surface area contributed by atoms with Gasteiger partial charge in [0, 0.05) is 19.2 Å². The molecule has 0 N–H and O–H groups in total. The summed E-state index contributed by atoms with van der Waals surface area (Å²) in [7, 11) is 1.67. The van der Waals surface area contributed by atoms with Crippen molar-refractivity contribution in [2.45, 2.75) is 44.6 Å². The van der Waals surface area contributed by atoms with Crippen LogP contribution in [0.15, 0.2) is 18.2 Å². The number of rotatable bonds is 6. The lowest BCUT2D eigenvalue weighted by Gasteiger charge is -2.53. The highest BCUT2D eigenvalue weighted by atomic mass is 16.5. The lowest BCUT2D eigenvalue weighted by atomic mass is 9.58. The van der Waals surface area contributed by atoms with Gasteiger partial charge in [-0.05, 0) is 66.8 Å². The van der Waals surface area contributed by atoms with Crippen LogP contribution in [0.3, 0.4) is 0 Å². The largest absolute Gasteiger partial charge is 0.491 e. The highest BCUT2D eigenvalue weighted by Crippen LogP contribution is 2.50. The number of ether oxygens (including phenoxy) is 2. The fourth-order valence-electron chi connectivity index (χ4n) is 4.72. The van der Waals surface area contributed by atoms with Gasteiger partial charge in [0.2, 0.25) is 0 Å². The highest BCUT2D eigenvalue weighted by Gasteiger charge is 2.52. The second-order valence-corrected chi connectivity index (χ2v) is 8.25. The maximum absolute atomic E-state index is 13.3. The molecule has 1 saturated carbocycles. The van der Waals surface area contributed by atoms with Crippen molar-refractivity contribution in [1.82, 2.24) is 4.90 Å². The van der Waals surface area contributed by atoms with Gasteiger partial charge in [-0.25, -0.2) is 0 Å². The van der Waals surface area contributed by atoms with E-state index in [0.717, 1.165) is 36.7 Å². The first-order valence-electron chi connectivity index (χ1n) is 9.59. The van der Waals surface area contributed by atoms with E-state index in [1.165, 1.54) is 18.4 Å². The van der Waals surface area contributed by atoms with E-state index < -0.39 is 0 Å². The summed E-state index contributed by atoms with van der Waals surface area (Å²) in [5.74, 6) is 2.32. The molecule has 3 aliphatic rings. The molecule has 0 amide bonds. The summed E-state index contributed by atoms with van der Waals surface area (Å²) in [6.45, 7) is 7.84. The third-order valence-electron chi connectivity index (χ3n) is 6.68. The molecule has 0 aromatic heterocycles. The van der Waals surface area contributed by atoms with Crippen molar-refractivity contribution in [2.24, 2.45) is 11.8 Å². The Labute approximate surface area is 150 Å². The Bertz CT molecular complexity index is 669. The molecule has 0 unspecified atom stereocenters. The van der Waals surface area contributed by atoms with E-state index in [9.17, 15) is 4.79 Å². The van der Waals surface area contributed by atoms with Crippen molar-refractivity contribution in [3.63, 3.8) is 0 Å². The highest BCUT2D eigenvalue weighted by molar-refractivity contribution is 6.03. The minimum absolute atomic E-state index is 0.0482. The van der Waals surface area contributed by atoms with E-state index in [-0.39, 0.29) is 11.5 Å². The number of ketones is 1. The molecule has 4 rings (SSSR count). The molecule has 25 heavy (non-hydrogen) atoms. The molecule has 2 bridgehead atoms. The summed E-state index contributed by atoms with van der Waals surface area (Å²) in [5, 5.41) is 0. The number of benzene rings is 1. The predicted octanol–water partition coefficient (Wildman–Crippen LogP) is 3.29. The van der Waals surface area contributed by atoms with Crippen LogP contribution >= 0.6 is 0 Å². The van der Waals surface area contributed by atoms with Crippen molar-refractivity contribution in [3.05, 3.63) is 29.3 Å². The number of nitrogens with zero attached hydrogens (tertiary/aromatic N) is 1. The summed E-state index contributed by atoms with van der Waals surface area (Å²) < 4.78 is 10.9. The van der Waals surface area contributed by atoms with Gasteiger partial charge in [-0.15, -0.1) is 0 Å². The topological polar surface area (TPSA) is 38.8 Å². The summed E-state index contributed by atoms with van der Waals surface area (Å²) in [6.07, 6.45) is 3.78. The van der Waals surface area contributed by atoms with Crippen LogP contribution < -0.4 is 4.74 Å². The van der Waals surface area contributed by atoms with Crippen molar-refractivity contribution in [3.8, 4) is 5.75 Å². The number of hydrogen-bond acceptors (Lipinski definition) is 4. The van der Waals surface area contributed by atoms with Crippen LogP contribution in [0.1, 0.15) is 49.0 Å². The van der Waals surface area contributed by atoms with Crippen LogP contribution in [-0.2, 0) is 10.2 Å². The number of fused-ring (bicyclic) bond motifs is 4. The number of likely N-dealkylation sites (tertiary alicyclic amines) is 1. The maximum atomic E-state index is 13.3. The summed E-state index contributed by atoms with van der Waals surface area (Å²) >= 11 is 0. The van der Waals surface area contributed by atoms with Crippen LogP contribution in [0.2, 0.25) is 0 Å². The molecule has 0 spiro atoms. The number of carbonyl (C=O) groups is 1. The van der Waals surface area contributed by atoms with Gasteiger partial charge in [-0.2, -0.15) is 0 Å². The van der Waals surface area contributed by atoms with Crippen LogP contribution in [0.5, 0.6) is 5.75 Å². The van der Waals surface area contributed by atoms with E-state index in [2.05, 4.69) is 24.8 Å². The van der Waals surface area contributed by atoms with Crippen molar-refractivity contribution >= 4 is 5.78 Å². The number of piperidine rings is 1. The molecule has 1 saturated heterocycles. The molecule has 1 aliphatic heterocycles. The van der Waals surface area contributed by atoms with Crippen molar-refractivity contribution < 1.29 is 14.3 Å². The van der Waals surface area contributed by atoms with Crippen molar-refractivity contribution in [2.75, 3.05) is 33.4 Å². The average Bonchev–Trinajstić information content (AvgIpc) is 3.41. The predicted molar refractivity (Wildman–Crippen MR) is 97.4 cm³/mol. The molecule has 2 fully saturated rings. The van der Waals surface area contributed by atoms with Gasteiger partial charge >= 0.3 is 0 Å². The number of hydrogen-bond donors (Lipinski definition) is 0. The van der Waals surface area contributed by atoms with E-state index in [4.69, 9.17) is 9.47 Å². The average molecular weight is 343 g/mol. The third kappa shape index (κ3) is 2.89. The number of carbonyl (C=O) groups excluding carboxylic acids is 1. The van der Waals surface area contributed by atoms with Gasteiger partial charge in [0.05, 0.1) is 12.6 Å². The number of Topliss-reactive ketones (excluding diaryl/α,β-unsaturated/α-hetero) is 1. The molecule has 1 aromatic carbocycles. The van der Waals surface area contributed by atoms with Gasteiger partial charge in [0.15, 0.2) is 5.78 Å². The smallest absolute Gasteiger partial charge is 0.180 e. The summed E-state index contributed by atoms with van der Waals surface area (Å²) in [5.41, 5.74) is 2.14. The quantitative estimate of drug-likeness (QED) is 0.743. The van der Waals surface area contributed by atoms with Gasteiger partial charge in [-0.1, -0.05) is 13.8 Å². The Morgan fingerprint density at radius 1 is 1.28 bits per heavy atom. The molecular formula is C21H29NO3. The standard InChI is InChI=1S/C21H29NO3/c1-14-19-20(23)17-7-6-16(25-11-10-24-3)12-18(17)21(14,2)8-9-22(19)13-15-4-5-15/h6-7,12,14-15,19H,4-5,8-11,13H2,1-3H3/t14-,19-,21+/m0/s1. The number of methoxy groups -OCH3 is 1. The first kappa shape index (κ1) is 17.0. The van der Waals surface area contributed by atoms with Crippen LogP contribution in [0.25, 0.3) is 0 Å². The lowest BCUT2D eigenvalue weighted by Crippen LogP contribution is -2.61. The van der Waals surface area contributed by atoms with E-state index >= 15 is 0 Å². The van der Waals surface area contributed by atoms with Crippen molar-refractivity contribution in [1.29, 1.82) is 0 Å². The molecule has 1 aromatic rings. The zero-order chi connectivity index (χ0) is 17.6. The molecular weight excluding hydrogens is 314 g/mol. The first-order valence-corrected chi connectivity index (χ1v) is 9.59. The van der Waals surface area contributed by atoms with Crippen LogP contribution in [0, 0.1) is 11.8 Å². The third-order valence-corrected chi connectivity index (χ3v) is 6.68. The van der Waals surface area contributed by atoms with Gasteiger partial charge in [-0.3, -0.25) is 9.69 Å². The zero-order valence-corrected chi connectivity index (χ0v) is 15.6. The fourth-order valence-corrected chi connectivity index (χ4v) is 4.72. The molecule has 4 nitrogen and oxygen atoms in total.